The Morgan fingerprint density at radius 1 is 1.05 bits per heavy atom. The van der Waals surface area contributed by atoms with E-state index < -0.39 is 12.5 Å². The van der Waals surface area contributed by atoms with E-state index in [1.54, 1.807) is 68.1 Å². The van der Waals surface area contributed by atoms with Gasteiger partial charge in [0, 0.05) is 54.2 Å². The zero-order chi connectivity index (χ0) is 28.2. The Balaban J connectivity index is 1.44. The van der Waals surface area contributed by atoms with Crippen LogP contribution in [0.3, 0.4) is 0 Å². The van der Waals surface area contributed by atoms with Gasteiger partial charge in [-0.25, -0.2) is 4.98 Å². The topological polar surface area (TPSA) is 111 Å². The van der Waals surface area contributed by atoms with Crippen LogP contribution in [-0.2, 0) is 26.5 Å². The molecule has 1 aliphatic carbocycles. The van der Waals surface area contributed by atoms with E-state index in [1.165, 1.54) is 14.7 Å². The van der Waals surface area contributed by atoms with Crippen LogP contribution in [0.15, 0.2) is 82.9 Å². The van der Waals surface area contributed by atoms with Crippen molar-refractivity contribution in [3.63, 3.8) is 0 Å². The number of aliphatic hydroxyl groups excluding tert-OH is 1. The molecule has 9 nitrogen and oxygen atoms in total. The van der Waals surface area contributed by atoms with E-state index in [0.717, 1.165) is 18.5 Å². The van der Waals surface area contributed by atoms with Gasteiger partial charge in [0.2, 0.25) is 0 Å². The van der Waals surface area contributed by atoms with Crippen molar-refractivity contribution >= 4 is 17.1 Å². The number of carbonyl (C=O) groups is 1. The lowest BCUT2D eigenvalue weighted by Gasteiger charge is -2.17. The molecule has 202 valence electrons. The minimum Gasteiger partial charge on any atom is -0.392 e. The first-order valence-electron chi connectivity index (χ1n) is 13.1. The minimum absolute atomic E-state index is 0.0975. The SMILES string of the molecule is Cn1cc(-c2ccnc(-n3ccn4c5c(cc4c3=O)CC(C)(C)C5)c2CO)cc(NC(=O)c2ccccc2)c1=O. The van der Waals surface area contributed by atoms with Crippen LogP contribution in [0.1, 0.15) is 41.0 Å². The largest absolute Gasteiger partial charge is 0.392 e. The third-order valence-electron chi connectivity index (χ3n) is 7.55. The summed E-state index contributed by atoms with van der Waals surface area (Å²) in [7, 11) is 1.59. The monoisotopic (exact) mass is 535 g/mol. The lowest BCUT2D eigenvalue weighted by Crippen LogP contribution is -2.24. The summed E-state index contributed by atoms with van der Waals surface area (Å²) in [6, 6.07) is 13.9. The van der Waals surface area contributed by atoms with Crippen molar-refractivity contribution in [2.24, 2.45) is 12.5 Å². The predicted molar refractivity (Wildman–Crippen MR) is 153 cm³/mol. The number of anilines is 1. The van der Waals surface area contributed by atoms with E-state index in [-0.39, 0.29) is 22.2 Å². The molecule has 0 saturated carbocycles. The Labute approximate surface area is 230 Å². The number of rotatable bonds is 5. The van der Waals surface area contributed by atoms with Crippen LogP contribution in [0.2, 0.25) is 0 Å². The number of aliphatic hydroxyl groups is 1. The van der Waals surface area contributed by atoms with Crippen LogP contribution in [0.4, 0.5) is 5.69 Å². The molecule has 4 aromatic heterocycles. The number of nitrogens with one attached hydrogen (secondary N) is 1. The molecule has 0 fully saturated rings. The Bertz CT molecular complexity index is 1910. The molecule has 0 bridgehead atoms. The molecule has 0 spiro atoms. The van der Waals surface area contributed by atoms with E-state index in [9.17, 15) is 19.5 Å². The first-order chi connectivity index (χ1) is 19.2. The molecule has 0 saturated heterocycles. The van der Waals surface area contributed by atoms with Crippen LogP contribution < -0.4 is 16.4 Å². The summed E-state index contributed by atoms with van der Waals surface area (Å²) in [5.74, 6) is -0.104. The summed E-state index contributed by atoms with van der Waals surface area (Å²) in [6.45, 7) is 4.05. The maximum Gasteiger partial charge on any atom is 0.280 e. The highest BCUT2D eigenvalue weighted by Gasteiger charge is 2.31. The highest BCUT2D eigenvalue weighted by atomic mass is 16.3. The van der Waals surface area contributed by atoms with Gasteiger partial charge in [0.05, 0.1) is 6.61 Å². The molecule has 0 atom stereocenters. The highest BCUT2D eigenvalue weighted by Crippen LogP contribution is 2.37. The van der Waals surface area contributed by atoms with Crippen molar-refractivity contribution in [2.45, 2.75) is 33.3 Å². The molecule has 6 rings (SSSR count). The average molecular weight is 536 g/mol. The molecule has 40 heavy (non-hydrogen) atoms. The Morgan fingerprint density at radius 2 is 1.82 bits per heavy atom. The summed E-state index contributed by atoms with van der Waals surface area (Å²) in [5, 5.41) is 13.2. The van der Waals surface area contributed by atoms with Crippen LogP contribution in [0.5, 0.6) is 0 Å². The number of fused-ring (bicyclic) bond motifs is 3. The second kappa shape index (κ2) is 9.46. The van der Waals surface area contributed by atoms with Crippen molar-refractivity contribution in [3.05, 3.63) is 116 Å². The van der Waals surface area contributed by atoms with E-state index in [1.807, 2.05) is 16.7 Å². The fourth-order valence-corrected chi connectivity index (χ4v) is 5.68. The van der Waals surface area contributed by atoms with Crippen molar-refractivity contribution in [1.29, 1.82) is 0 Å². The van der Waals surface area contributed by atoms with Crippen molar-refractivity contribution in [1.82, 2.24) is 18.5 Å². The number of pyridine rings is 2. The second-order valence-corrected chi connectivity index (χ2v) is 11.1. The van der Waals surface area contributed by atoms with Crippen molar-refractivity contribution < 1.29 is 9.90 Å². The number of hydrogen-bond donors (Lipinski definition) is 2. The predicted octanol–water partition coefficient (Wildman–Crippen LogP) is 3.72. The third-order valence-corrected chi connectivity index (χ3v) is 7.55. The lowest BCUT2D eigenvalue weighted by molar-refractivity contribution is 0.102. The lowest BCUT2D eigenvalue weighted by atomic mass is 9.90. The molecular weight excluding hydrogens is 506 g/mol. The normalized spacial score (nSPS) is 13.9. The van der Waals surface area contributed by atoms with Crippen molar-refractivity contribution in [3.8, 4) is 16.9 Å². The van der Waals surface area contributed by atoms with Crippen LogP contribution >= 0.6 is 0 Å². The first-order valence-corrected chi connectivity index (χ1v) is 13.1. The van der Waals surface area contributed by atoms with Gasteiger partial charge >= 0.3 is 0 Å². The summed E-state index contributed by atoms with van der Waals surface area (Å²) in [5.41, 5.74) is 4.57. The number of benzene rings is 1. The number of hydrogen-bond acceptors (Lipinski definition) is 5. The van der Waals surface area contributed by atoms with Crippen molar-refractivity contribution in [2.75, 3.05) is 5.32 Å². The quantitative estimate of drug-likeness (QED) is 0.357. The molecule has 1 aromatic carbocycles. The van der Waals surface area contributed by atoms with E-state index >= 15 is 0 Å². The molecular formula is C31H29N5O4. The third kappa shape index (κ3) is 4.24. The molecule has 9 heteroatoms. The molecule has 1 amide bonds. The first kappa shape index (κ1) is 25.5. The Kier molecular flexibility index (Phi) is 6.03. The maximum atomic E-state index is 13.6. The Morgan fingerprint density at radius 3 is 2.58 bits per heavy atom. The zero-order valence-electron chi connectivity index (χ0n) is 22.5. The number of carbonyl (C=O) groups excluding carboxylic acids is 1. The molecule has 0 aliphatic heterocycles. The second-order valence-electron chi connectivity index (χ2n) is 11.1. The summed E-state index contributed by atoms with van der Waals surface area (Å²) in [4.78, 5) is 43.8. The van der Waals surface area contributed by atoms with Gasteiger partial charge in [0.1, 0.15) is 17.0 Å². The van der Waals surface area contributed by atoms with Crippen LogP contribution in [0.25, 0.3) is 22.5 Å². The standard InChI is InChI=1S/C31H29N5O4/c1-31(2)15-20-14-25-30(40)36(12-11-35(25)26(20)16-31)27-23(18-37)22(9-10-32-27)21-13-24(29(39)34(3)17-21)33-28(38)19-7-5-4-6-8-19/h4-14,17,37H,15-16,18H2,1-3H3,(H,33,38). The molecule has 4 heterocycles. The van der Waals surface area contributed by atoms with E-state index in [0.29, 0.717) is 33.6 Å². The highest BCUT2D eigenvalue weighted by molar-refractivity contribution is 6.04. The molecule has 2 N–H and O–H groups in total. The van der Waals surface area contributed by atoms with Gasteiger partial charge in [-0.15, -0.1) is 0 Å². The van der Waals surface area contributed by atoms with Gasteiger partial charge in [-0.3, -0.25) is 19.0 Å². The molecule has 5 aromatic rings. The number of aryl methyl sites for hydroxylation is 1. The van der Waals surface area contributed by atoms with Gasteiger partial charge in [0.15, 0.2) is 0 Å². The number of aromatic nitrogens is 4. The number of nitrogens with zero attached hydrogens (tertiary/aromatic N) is 4. The minimum atomic E-state index is -0.407. The fourth-order valence-electron chi connectivity index (χ4n) is 5.68. The summed E-state index contributed by atoms with van der Waals surface area (Å²) < 4.78 is 4.78. The van der Waals surface area contributed by atoms with Gasteiger partial charge < -0.3 is 19.4 Å². The molecule has 0 unspecified atom stereocenters. The molecule has 1 aliphatic rings. The smallest absolute Gasteiger partial charge is 0.280 e. The zero-order valence-corrected chi connectivity index (χ0v) is 22.5. The Hall–Kier alpha value is -4.76. The summed E-state index contributed by atoms with van der Waals surface area (Å²) in [6.07, 6.45) is 8.55. The van der Waals surface area contributed by atoms with Gasteiger partial charge in [-0.1, -0.05) is 32.0 Å². The average Bonchev–Trinajstić information content (AvgIpc) is 3.43. The number of amides is 1. The fraction of sp³-hybridized carbons (Fsp3) is 0.226. The van der Waals surface area contributed by atoms with Gasteiger partial charge in [0.25, 0.3) is 17.0 Å². The van der Waals surface area contributed by atoms with Crippen LogP contribution in [-0.4, -0.2) is 29.5 Å². The van der Waals surface area contributed by atoms with E-state index in [2.05, 4.69) is 24.1 Å². The van der Waals surface area contributed by atoms with E-state index in [4.69, 9.17) is 0 Å². The summed E-state index contributed by atoms with van der Waals surface area (Å²) >= 11 is 0. The van der Waals surface area contributed by atoms with Gasteiger partial charge in [-0.05, 0) is 59.7 Å². The van der Waals surface area contributed by atoms with Gasteiger partial charge in [-0.2, -0.15) is 0 Å². The maximum absolute atomic E-state index is 13.6. The molecule has 0 radical (unpaired) electrons. The van der Waals surface area contributed by atoms with Crippen LogP contribution in [0, 0.1) is 5.41 Å².